The maximum Gasteiger partial charge on any atom is 0.225 e. The summed E-state index contributed by atoms with van der Waals surface area (Å²) in [6.07, 6.45) is 1.93. The molecule has 0 aliphatic carbocycles. The van der Waals surface area contributed by atoms with Gasteiger partial charge in [-0.05, 0) is 41.5 Å². The Labute approximate surface area is 129 Å². The molecule has 0 bridgehead atoms. The minimum atomic E-state index is 0.0908. The highest BCUT2D eigenvalue weighted by Crippen LogP contribution is 2.15. The zero-order valence-electron chi connectivity index (χ0n) is 14.5. The van der Waals surface area contributed by atoms with Crippen molar-refractivity contribution >= 4 is 5.95 Å². The van der Waals surface area contributed by atoms with Gasteiger partial charge in [0.15, 0.2) is 0 Å². The number of anilines is 1. The predicted molar refractivity (Wildman–Crippen MR) is 87.7 cm³/mol. The highest BCUT2D eigenvalue weighted by molar-refractivity contribution is 5.34. The van der Waals surface area contributed by atoms with Crippen LogP contribution >= 0.6 is 0 Å². The zero-order valence-corrected chi connectivity index (χ0v) is 14.5. The summed E-state index contributed by atoms with van der Waals surface area (Å²) in [5.74, 6) is 0.777. The molecule has 0 saturated carbocycles. The van der Waals surface area contributed by atoms with Gasteiger partial charge in [0.05, 0.1) is 12.6 Å². The van der Waals surface area contributed by atoms with Crippen molar-refractivity contribution in [2.24, 2.45) is 0 Å². The lowest BCUT2D eigenvalue weighted by molar-refractivity contribution is 0.181. The number of ether oxygens (including phenoxy) is 1. The van der Waals surface area contributed by atoms with Gasteiger partial charge in [0, 0.05) is 43.2 Å². The number of rotatable bonds is 7. The van der Waals surface area contributed by atoms with Gasteiger partial charge in [0.25, 0.3) is 0 Å². The summed E-state index contributed by atoms with van der Waals surface area (Å²) in [6, 6.07) is 0.262. The van der Waals surface area contributed by atoms with E-state index in [2.05, 4.69) is 54.8 Å². The first-order valence-corrected chi connectivity index (χ1v) is 7.61. The molecule has 1 aromatic rings. The maximum atomic E-state index is 5.23. The lowest BCUT2D eigenvalue weighted by atomic mass is 10.1. The number of methoxy groups -OCH3 is 1. The molecule has 5 nitrogen and oxygen atoms in total. The second-order valence-corrected chi connectivity index (χ2v) is 6.47. The number of hydrogen-bond donors (Lipinski definition) is 1. The van der Waals surface area contributed by atoms with E-state index in [9.17, 15) is 0 Å². The van der Waals surface area contributed by atoms with Crippen molar-refractivity contribution in [1.82, 2.24) is 15.3 Å². The van der Waals surface area contributed by atoms with Crippen LogP contribution in [0, 0.1) is 6.92 Å². The molecule has 0 fully saturated rings. The van der Waals surface area contributed by atoms with E-state index in [-0.39, 0.29) is 11.6 Å². The summed E-state index contributed by atoms with van der Waals surface area (Å²) in [5, 5.41) is 3.47. The minimum Gasteiger partial charge on any atom is -0.383 e. The first-order chi connectivity index (χ1) is 9.78. The molecule has 5 heteroatoms. The second-order valence-electron chi connectivity index (χ2n) is 6.47. The van der Waals surface area contributed by atoms with Gasteiger partial charge in [-0.25, -0.2) is 9.97 Å². The van der Waals surface area contributed by atoms with Gasteiger partial charge in [-0.2, -0.15) is 0 Å². The summed E-state index contributed by atoms with van der Waals surface area (Å²) in [7, 11) is 1.72. The summed E-state index contributed by atoms with van der Waals surface area (Å²) in [6.45, 7) is 15.1. The van der Waals surface area contributed by atoms with E-state index in [0.717, 1.165) is 30.3 Å². The third-order valence-corrected chi connectivity index (χ3v) is 3.41. The highest BCUT2D eigenvalue weighted by atomic mass is 16.5. The van der Waals surface area contributed by atoms with Crippen LogP contribution in [0.5, 0.6) is 0 Å². The van der Waals surface area contributed by atoms with Crippen LogP contribution in [0.2, 0.25) is 0 Å². The highest BCUT2D eigenvalue weighted by Gasteiger charge is 2.17. The number of hydrogen-bond acceptors (Lipinski definition) is 5. The molecule has 0 radical (unpaired) electrons. The Morgan fingerprint density at radius 3 is 2.52 bits per heavy atom. The van der Waals surface area contributed by atoms with Gasteiger partial charge in [0.1, 0.15) is 0 Å². The average Bonchev–Trinajstić information content (AvgIpc) is 2.38. The Balaban J connectivity index is 2.85. The molecule has 1 heterocycles. The first kappa shape index (κ1) is 17.9. The Morgan fingerprint density at radius 2 is 2.05 bits per heavy atom. The van der Waals surface area contributed by atoms with E-state index in [4.69, 9.17) is 4.74 Å². The fourth-order valence-electron chi connectivity index (χ4n) is 2.13. The Kier molecular flexibility index (Phi) is 6.55. The molecule has 21 heavy (non-hydrogen) atoms. The minimum absolute atomic E-state index is 0.0908. The number of aromatic nitrogens is 2. The van der Waals surface area contributed by atoms with Crippen LogP contribution in [-0.4, -0.2) is 41.8 Å². The van der Waals surface area contributed by atoms with Crippen LogP contribution in [0.25, 0.3) is 0 Å². The fourth-order valence-corrected chi connectivity index (χ4v) is 2.13. The van der Waals surface area contributed by atoms with E-state index in [1.54, 1.807) is 7.11 Å². The quantitative estimate of drug-likeness (QED) is 0.837. The Bertz CT molecular complexity index is 442. The van der Waals surface area contributed by atoms with Gasteiger partial charge in [-0.1, -0.05) is 0 Å². The molecule has 1 rings (SSSR count). The number of nitrogens with zero attached hydrogens (tertiary/aromatic N) is 3. The number of likely N-dealkylation sites (N-methyl/N-ethyl adjacent to an activating group) is 1. The van der Waals surface area contributed by atoms with Crippen LogP contribution in [0.15, 0.2) is 6.20 Å². The van der Waals surface area contributed by atoms with Crippen LogP contribution in [0.4, 0.5) is 5.95 Å². The van der Waals surface area contributed by atoms with E-state index in [1.165, 1.54) is 0 Å². The van der Waals surface area contributed by atoms with E-state index >= 15 is 0 Å². The Morgan fingerprint density at radius 1 is 1.38 bits per heavy atom. The lowest BCUT2D eigenvalue weighted by Crippen LogP contribution is -2.38. The second kappa shape index (κ2) is 7.71. The first-order valence-electron chi connectivity index (χ1n) is 7.61. The van der Waals surface area contributed by atoms with Crippen LogP contribution in [0.1, 0.15) is 45.9 Å². The maximum absolute atomic E-state index is 5.23. The molecular formula is C16H30N4O. The van der Waals surface area contributed by atoms with Crippen LogP contribution in [0.3, 0.4) is 0 Å². The SMILES string of the molecule is CCN(c1ncc(CNC(C)(C)C)c(C)n1)C(C)COC. The molecule has 1 aromatic heterocycles. The Hall–Kier alpha value is -1.20. The van der Waals surface area contributed by atoms with Gasteiger partial charge in [-0.3, -0.25) is 0 Å². The average molecular weight is 294 g/mol. The smallest absolute Gasteiger partial charge is 0.225 e. The number of nitrogens with one attached hydrogen (secondary N) is 1. The van der Waals surface area contributed by atoms with Crippen molar-refractivity contribution in [3.63, 3.8) is 0 Å². The van der Waals surface area contributed by atoms with Crippen molar-refractivity contribution in [2.45, 2.75) is 59.7 Å². The van der Waals surface area contributed by atoms with E-state index < -0.39 is 0 Å². The van der Waals surface area contributed by atoms with Gasteiger partial charge in [-0.15, -0.1) is 0 Å². The molecule has 1 N–H and O–H groups in total. The van der Waals surface area contributed by atoms with Crippen molar-refractivity contribution in [3.8, 4) is 0 Å². The number of aryl methyl sites for hydroxylation is 1. The monoisotopic (exact) mass is 294 g/mol. The molecule has 0 amide bonds. The molecule has 0 saturated heterocycles. The van der Waals surface area contributed by atoms with Crippen molar-refractivity contribution < 1.29 is 4.74 Å². The summed E-state index contributed by atoms with van der Waals surface area (Å²) < 4.78 is 5.23. The fraction of sp³-hybridized carbons (Fsp3) is 0.750. The topological polar surface area (TPSA) is 50.3 Å². The largest absolute Gasteiger partial charge is 0.383 e. The van der Waals surface area contributed by atoms with Crippen LogP contribution in [-0.2, 0) is 11.3 Å². The van der Waals surface area contributed by atoms with E-state index in [0.29, 0.717) is 6.61 Å². The molecular weight excluding hydrogens is 264 g/mol. The van der Waals surface area contributed by atoms with Gasteiger partial charge >= 0.3 is 0 Å². The summed E-state index contributed by atoms with van der Waals surface area (Å²) >= 11 is 0. The van der Waals surface area contributed by atoms with Crippen molar-refractivity contribution in [3.05, 3.63) is 17.5 Å². The third kappa shape index (κ3) is 5.59. The normalized spacial score (nSPS) is 13.3. The predicted octanol–water partition coefficient (Wildman–Crippen LogP) is 2.53. The third-order valence-electron chi connectivity index (χ3n) is 3.41. The molecule has 120 valence electrons. The summed E-state index contributed by atoms with van der Waals surface area (Å²) in [5.41, 5.74) is 2.26. The molecule has 1 atom stereocenters. The zero-order chi connectivity index (χ0) is 16.0. The molecule has 1 unspecified atom stereocenters. The van der Waals surface area contributed by atoms with Gasteiger partial charge in [0.2, 0.25) is 5.95 Å². The molecule has 0 aliphatic heterocycles. The van der Waals surface area contributed by atoms with Crippen LogP contribution < -0.4 is 10.2 Å². The lowest BCUT2D eigenvalue weighted by Gasteiger charge is -2.28. The van der Waals surface area contributed by atoms with Crippen molar-refractivity contribution in [1.29, 1.82) is 0 Å². The standard InChI is InChI=1S/C16H30N4O/c1-8-20(12(2)11-21-7)15-17-9-14(13(3)19-15)10-18-16(4,5)6/h9,12,18H,8,10-11H2,1-7H3. The van der Waals surface area contributed by atoms with Crippen molar-refractivity contribution in [2.75, 3.05) is 25.2 Å². The molecule has 0 spiro atoms. The summed E-state index contributed by atoms with van der Waals surface area (Å²) in [4.78, 5) is 11.4. The molecule has 0 aliphatic rings. The van der Waals surface area contributed by atoms with E-state index in [1.807, 2.05) is 13.1 Å². The van der Waals surface area contributed by atoms with Gasteiger partial charge < -0.3 is 15.0 Å². The molecule has 0 aromatic carbocycles.